The number of rotatable bonds is 4. The van der Waals surface area contributed by atoms with E-state index in [1.54, 1.807) is 0 Å². The maximum atomic E-state index is 13.0. The third-order valence-electron chi connectivity index (χ3n) is 2.22. The Morgan fingerprint density at radius 1 is 1.19 bits per heavy atom. The van der Waals surface area contributed by atoms with E-state index in [1.165, 1.54) is 12.1 Å². The quantitative estimate of drug-likeness (QED) is 0.808. The average Bonchev–Trinajstić information content (AvgIpc) is 2.09. The van der Waals surface area contributed by atoms with Crippen LogP contribution in [0.4, 0.5) is 10.1 Å². The monoisotopic (exact) mass is 263 g/mol. The normalized spacial score (nSPS) is 12.9. The lowest BCUT2D eigenvalue weighted by Crippen LogP contribution is -2.18. The van der Waals surface area contributed by atoms with Crippen molar-refractivity contribution in [1.29, 1.82) is 0 Å². The van der Waals surface area contributed by atoms with Crippen molar-refractivity contribution in [2.24, 2.45) is 5.92 Å². The zero-order valence-corrected chi connectivity index (χ0v) is 11.2. The number of anilines is 1. The second-order valence-electron chi connectivity index (χ2n) is 4.42. The average molecular weight is 264 g/mol. The summed E-state index contributed by atoms with van der Waals surface area (Å²) < 4.78 is 13.0. The van der Waals surface area contributed by atoms with Gasteiger partial charge in [-0.1, -0.05) is 37.0 Å². The van der Waals surface area contributed by atoms with E-state index in [1.807, 2.05) is 0 Å². The van der Waals surface area contributed by atoms with Crippen LogP contribution in [-0.2, 0) is 0 Å². The Bertz CT molecular complexity index is 343. The summed E-state index contributed by atoms with van der Waals surface area (Å²) in [6, 6.07) is 2.77. The first-order valence-corrected chi connectivity index (χ1v) is 6.06. The van der Waals surface area contributed by atoms with Crippen molar-refractivity contribution in [2.45, 2.75) is 33.2 Å². The highest BCUT2D eigenvalue weighted by atomic mass is 35.5. The molecule has 0 heterocycles. The molecule has 1 rings (SSSR count). The molecule has 1 atom stereocenters. The predicted octanol–water partition coefficient (Wildman–Crippen LogP) is 4.98. The summed E-state index contributed by atoms with van der Waals surface area (Å²) in [5.74, 6) is 0.164. The molecule has 0 aliphatic carbocycles. The van der Waals surface area contributed by atoms with Crippen LogP contribution in [0.5, 0.6) is 0 Å². The zero-order chi connectivity index (χ0) is 12.3. The highest BCUT2D eigenvalue weighted by Gasteiger charge is 2.12. The van der Waals surface area contributed by atoms with Gasteiger partial charge < -0.3 is 5.32 Å². The fourth-order valence-corrected chi connectivity index (χ4v) is 2.26. The van der Waals surface area contributed by atoms with Gasteiger partial charge in [0.1, 0.15) is 5.82 Å². The molecule has 0 saturated carbocycles. The minimum atomic E-state index is -0.419. The highest BCUT2D eigenvalue weighted by molar-refractivity contribution is 6.39. The van der Waals surface area contributed by atoms with Crippen molar-refractivity contribution in [3.05, 3.63) is 28.0 Å². The van der Waals surface area contributed by atoms with Crippen LogP contribution in [-0.4, -0.2) is 6.04 Å². The van der Waals surface area contributed by atoms with E-state index in [0.29, 0.717) is 21.7 Å². The molecule has 1 aromatic carbocycles. The minimum Gasteiger partial charge on any atom is -0.380 e. The van der Waals surface area contributed by atoms with Gasteiger partial charge in [-0.3, -0.25) is 0 Å². The van der Waals surface area contributed by atoms with Gasteiger partial charge in [0, 0.05) is 6.04 Å². The number of hydrogen-bond donors (Lipinski definition) is 1. The molecule has 16 heavy (non-hydrogen) atoms. The molecule has 0 saturated heterocycles. The molecule has 1 aromatic rings. The van der Waals surface area contributed by atoms with Crippen LogP contribution >= 0.6 is 23.2 Å². The molecule has 0 radical (unpaired) electrons. The Kier molecular flexibility index (Phi) is 4.88. The molecular weight excluding hydrogens is 248 g/mol. The van der Waals surface area contributed by atoms with Crippen LogP contribution in [0.1, 0.15) is 27.2 Å². The lowest BCUT2D eigenvalue weighted by molar-refractivity contribution is 0.539. The Balaban J connectivity index is 2.81. The lowest BCUT2D eigenvalue weighted by Gasteiger charge is -2.19. The van der Waals surface area contributed by atoms with E-state index in [9.17, 15) is 4.39 Å². The van der Waals surface area contributed by atoms with Gasteiger partial charge in [0.15, 0.2) is 0 Å². The first-order valence-electron chi connectivity index (χ1n) is 5.31. The third-order valence-corrected chi connectivity index (χ3v) is 2.82. The molecule has 0 amide bonds. The standard InChI is InChI=1S/C12H16Cl2FN/c1-7(2)4-8(3)16-12-10(13)5-9(15)6-11(12)14/h5-8,16H,4H2,1-3H3. The SMILES string of the molecule is CC(C)CC(C)Nc1c(Cl)cc(F)cc1Cl. The van der Waals surface area contributed by atoms with Crippen molar-refractivity contribution in [2.75, 3.05) is 5.32 Å². The van der Waals surface area contributed by atoms with Gasteiger partial charge in [-0.2, -0.15) is 0 Å². The van der Waals surface area contributed by atoms with Gasteiger partial charge in [0.25, 0.3) is 0 Å². The van der Waals surface area contributed by atoms with Crippen molar-refractivity contribution >= 4 is 28.9 Å². The molecule has 4 heteroatoms. The summed E-state index contributed by atoms with van der Waals surface area (Å²) in [6.45, 7) is 6.34. The third kappa shape index (κ3) is 3.84. The van der Waals surface area contributed by atoms with Gasteiger partial charge in [0.2, 0.25) is 0 Å². The number of hydrogen-bond acceptors (Lipinski definition) is 1. The summed E-state index contributed by atoms with van der Waals surface area (Å²) in [5.41, 5.74) is 0.609. The topological polar surface area (TPSA) is 12.0 Å². The van der Waals surface area contributed by atoms with Crippen LogP contribution in [0.3, 0.4) is 0 Å². The molecule has 0 spiro atoms. The van der Waals surface area contributed by atoms with Gasteiger partial charge in [0.05, 0.1) is 15.7 Å². The van der Waals surface area contributed by atoms with E-state index in [4.69, 9.17) is 23.2 Å². The summed E-state index contributed by atoms with van der Waals surface area (Å²) in [4.78, 5) is 0. The number of benzene rings is 1. The first kappa shape index (κ1) is 13.6. The maximum absolute atomic E-state index is 13.0. The predicted molar refractivity (Wildman–Crippen MR) is 69.0 cm³/mol. The van der Waals surface area contributed by atoms with Crippen LogP contribution in [0.2, 0.25) is 10.0 Å². The van der Waals surface area contributed by atoms with Gasteiger partial charge in [-0.15, -0.1) is 0 Å². The van der Waals surface area contributed by atoms with E-state index in [2.05, 4.69) is 26.1 Å². The van der Waals surface area contributed by atoms with Gasteiger partial charge >= 0.3 is 0 Å². The molecule has 0 bridgehead atoms. The molecule has 1 nitrogen and oxygen atoms in total. The molecule has 0 aromatic heterocycles. The fourth-order valence-electron chi connectivity index (χ4n) is 1.69. The van der Waals surface area contributed by atoms with Crippen molar-refractivity contribution in [1.82, 2.24) is 0 Å². The largest absolute Gasteiger partial charge is 0.380 e. The van der Waals surface area contributed by atoms with E-state index in [-0.39, 0.29) is 6.04 Å². The zero-order valence-electron chi connectivity index (χ0n) is 9.65. The molecule has 0 fully saturated rings. The van der Waals surface area contributed by atoms with Crippen LogP contribution < -0.4 is 5.32 Å². The van der Waals surface area contributed by atoms with Gasteiger partial charge in [-0.05, 0) is 31.4 Å². The summed E-state index contributed by atoms with van der Waals surface area (Å²) >= 11 is 11.9. The Morgan fingerprint density at radius 2 is 1.69 bits per heavy atom. The molecule has 1 unspecified atom stereocenters. The summed E-state index contributed by atoms with van der Waals surface area (Å²) in [5, 5.41) is 3.85. The molecule has 0 aliphatic heterocycles. The fraction of sp³-hybridized carbons (Fsp3) is 0.500. The molecule has 90 valence electrons. The minimum absolute atomic E-state index is 0.250. The maximum Gasteiger partial charge on any atom is 0.126 e. The Labute approximate surface area is 106 Å². The number of nitrogens with one attached hydrogen (secondary N) is 1. The van der Waals surface area contributed by atoms with Crippen LogP contribution in [0.15, 0.2) is 12.1 Å². The van der Waals surface area contributed by atoms with Crippen molar-refractivity contribution in [3.63, 3.8) is 0 Å². The van der Waals surface area contributed by atoms with Crippen molar-refractivity contribution in [3.8, 4) is 0 Å². The summed E-state index contributed by atoms with van der Waals surface area (Å²) in [6.07, 6.45) is 1.00. The van der Waals surface area contributed by atoms with E-state index in [0.717, 1.165) is 6.42 Å². The summed E-state index contributed by atoms with van der Waals surface area (Å²) in [7, 11) is 0. The van der Waals surface area contributed by atoms with Crippen molar-refractivity contribution < 1.29 is 4.39 Å². The lowest BCUT2D eigenvalue weighted by atomic mass is 10.1. The van der Waals surface area contributed by atoms with E-state index < -0.39 is 5.82 Å². The Morgan fingerprint density at radius 3 is 2.12 bits per heavy atom. The molecule has 0 aliphatic rings. The molecule has 1 N–H and O–H groups in total. The number of halogens is 3. The van der Waals surface area contributed by atoms with E-state index >= 15 is 0 Å². The first-order chi connectivity index (χ1) is 7.40. The second kappa shape index (κ2) is 5.74. The highest BCUT2D eigenvalue weighted by Crippen LogP contribution is 2.32. The smallest absolute Gasteiger partial charge is 0.126 e. The van der Waals surface area contributed by atoms with Crippen LogP contribution in [0, 0.1) is 11.7 Å². The van der Waals surface area contributed by atoms with Gasteiger partial charge in [-0.25, -0.2) is 4.39 Å². The molecular formula is C12H16Cl2FN. The second-order valence-corrected chi connectivity index (χ2v) is 5.23. The Hall–Kier alpha value is -0.470. The van der Waals surface area contributed by atoms with Crippen LogP contribution in [0.25, 0.3) is 0 Å².